The normalized spacial score (nSPS) is 12.2. The number of hydrogen-bond acceptors (Lipinski definition) is 3. The van der Waals surface area contributed by atoms with Crippen LogP contribution in [0.15, 0.2) is 18.2 Å². The van der Waals surface area contributed by atoms with Crippen LogP contribution in [0.5, 0.6) is 0 Å². The summed E-state index contributed by atoms with van der Waals surface area (Å²) >= 11 is 11.7. The summed E-state index contributed by atoms with van der Waals surface area (Å²) in [5.41, 5.74) is 0.823. The van der Waals surface area contributed by atoms with Crippen molar-refractivity contribution in [2.45, 2.75) is 19.4 Å². The number of benzene rings is 1. The van der Waals surface area contributed by atoms with Crippen LogP contribution in [0.2, 0.25) is 10.0 Å². The molecule has 0 spiro atoms. The first kappa shape index (κ1) is 16.2. The second-order valence-corrected chi connectivity index (χ2v) is 5.14. The zero-order valence-electron chi connectivity index (χ0n) is 10.7. The predicted molar refractivity (Wildman–Crippen MR) is 77.7 cm³/mol. The van der Waals surface area contributed by atoms with E-state index in [1.165, 1.54) is 0 Å². The SMILES string of the molecule is CC(O)CNCCNC(=O)Cc1ccc(Cl)c(Cl)c1. The van der Waals surface area contributed by atoms with Crippen LogP contribution in [-0.2, 0) is 11.2 Å². The largest absolute Gasteiger partial charge is 0.392 e. The van der Waals surface area contributed by atoms with Crippen LogP contribution in [0.3, 0.4) is 0 Å². The summed E-state index contributed by atoms with van der Waals surface area (Å²) in [5.74, 6) is -0.0720. The number of aliphatic hydroxyl groups excluding tert-OH is 1. The molecule has 106 valence electrons. The van der Waals surface area contributed by atoms with Gasteiger partial charge in [0.25, 0.3) is 0 Å². The second kappa shape index (κ2) is 8.38. The molecule has 0 saturated carbocycles. The smallest absolute Gasteiger partial charge is 0.224 e. The van der Waals surface area contributed by atoms with Crippen molar-refractivity contribution in [1.82, 2.24) is 10.6 Å². The molecule has 0 fully saturated rings. The summed E-state index contributed by atoms with van der Waals surface area (Å²) in [5, 5.41) is 15.8. The van der Waals surface area contributed by atoms with Gasteiger partial charge in [-0.15, -0.1) is 0 Å². The third-order valence-electron chi connectivity index (χ3n) is 2.41. The Kier molecular flexibility index (Phi) is 7.16. The summed E-state index contributed by atoms with van der Waals surface area (Å²) in [6.45, 7) is 3.36. The van der Waals surface area contributed by atoms with Gasteiger partial charge < -0.3 is 15.7 Å². The fourth-order valence-electron chi connectivity index (χ4n) is 1.50. The van der Waals surface area contributed by atoms with Gasteiger partial charge in [0, 0.05) is 19.6 Å². The molecule has 0 bridgehead atoms. The Balaban J connectivity index is 2.25. The van der Waals surface area contributed by atoms with Crippen molar-refractivity contribution >= 4 is 29.1 Å². The molecule has 4 nitrogen and oxygen atoms in total. The zero-order chi connectivity index (χ0) is 14.3. The highest BCUT2D eigenvalue weighted by molar-refractivity contribution is 6.42. The van der Waals surface area contributed by atoms with E-state index in [2.05, 4.69) is 10.6 Å². The Morgan fingerprint density at radius 2 is 2.05 bits per heavy atom. The van der Waals surface area contributed by atoms with Crippen LogP contribution in [0.1, 0.15) is 12.5 Å². The monoisotopic (exact) mass is 304 g/mol. The Morgan fingerprint density at radius 1 is 1.32 bits per heavy atom. The average Bonchev–Trinajstić information content (AvgIpc) is 2.33. The first-order valence-corrected chi connectivity index (χ1v) is 6.84. The number of carbonyl (C=O) groups is 1. The molecule has 1 amide bonds. The summed E-state index contributed by atoms with van der Waals surface area (Å²) in [6.07, 6.45) is -0.111. The Morgan fingerprint density at radius 3 is 2.68 bits per heavy atom. The molecule has 1 aromatic rings. The average molecular weight is 305 g/mol. The van der Waals surface area contributed by atoms with E-state index < -0.39 is 0 Å². The third-order valence-corrected chi connectivity index (χ3v) is 3.15. The standard InChI is InChI=1S/C13H18Cl2N2O2/c1-9(18)8-16-4-5-17-13(19)7-10-2-3-11(14)12(15)6-10/h2-3,6,9,16,18H,4-5,7-8H2,1H3,(H,17,19). The quantitative estimate of drug-likeness (QED) is 0.671. The van der Waals surface area contributed by atoms with Gasteiger partial charge >= 0.3 is 0 Å². The molecular weight excluding hydrogens is 287 g/mol. The molecule has 1 atom stereocenters. The van der Waals surface area contributed by atoms with E-state index in [1.807, 2.05) is 0 Å². The van der Waals surface area contributed by atoms with Crippen molar-refractivity contribution in [3.8, 4) is 0 Å². The van der Waals surface area contributed by atoms with Gasteiger partial charge in [-0.1, -0.05) is 29.3 Å². The van der Waals surface area contributed by atoms with Crippen LogP contribution in [0, 0.1) is 0 Å². The number of aliphatic hydroxyl groups is 1. The highest BCUT2D eigenvalue weighted by atomic mass is 35.5. The van der Waals surface area contributed by atoms with E-state index in [0.29, 0.717) is 29.7 Å². The molecular formula is C13H18Cl2N2O2. The molecule has 0 aliphatic rings. The lowest BCUT2D eigenvalue weighted by Crippen LogP contribution is -2.35. The molecule has 0 radical (unpaired) electrons. The number of rotatable bonds is 7. The summed E-state index contributed by atoms with van der Waals surface area (Å²) < 4.78 is 0. The molecule has 1 unspecified atom stereocenters. The third kappa shape index (κ3) is 6.78. The highest BCUT2D eigenvalue weighted by Crippen LogP contribution is 2.22. The van der Waals surface area contributed by atoms with Crippen LogP contribution in [0.4, 0.5) is 0 Å². The topological polar surface area (TPSA) is 61.4 Å². The highest BCUT2D eigenvalue weighted by Gasteiger charge is 2.05. The number of hydrogen-bond donors (Lipinski definition) is 3. The van der Waals surface area contributed by atoms with E-state index in [0.717, 1.165) is 5.56 Å². The van der Waals surface area contributed by atoms with E-state index in [4.69, 9.17) is 28.3 Å². The molecule has 0 heterocycles. The molecule has 0 aliphatic carbocycles. The molecule has 1 aromatic carbocycles. The van der Waals surface area contributed by atoms with E-state index >= 15 is 0 Å². The van der Waals surface area contributed by atoms with Gasteiger partial charge in [-0.3, -0.25) is 4.79 Å². The zero-order valence-corrected chi connectivity index (χ0v) is 12.3. The van der Waals surface area contributed by atoms with E-state index in [9.17, 15) is 4.79 Å². The number of carbonyl (C=O) groups excluding carboxylic acids is 1. The van der Waals surface area contributed by atoms with Crippen LogP contribution in [-0.4, -0.2) is 36.8 Å². The van der Waals surface area contributed by atoms with Crippen LogP contribution >= 0.6 is 23.2 Å². The number of amides is 1. The predicted octanol–water partition coefficient (Wildman–Crippen LogP) is 1.62. The van der Waals surface area contributed by atoms with E-state index in [-0.39, 0.29) is 18.4 Å². The van der Waals surface area contributed by atoms with E-state index in [1.54, 1.807) is 25.1 Å². The molecule has 1 rings (SSSR count). The van der Waals surface area contributed by atoms with Crippen molar-refractivity contribution < 1.29 is 9.90 Å². The maximum absolute atomic E-state index is 11.6. The van der Waals surface area contributed by atoms with Gasteiger partial charge in [0.15, 0.2) is 0 Å². The van der Waals surface area contributed by atoms with Crippen LogP contribution < -0.4 is 10.6 Å². The maximum atomic E-state index is 11.6. The molecule has 3 N–H and O–H groups in total. The molecule has 0 aliphatic heterocycles. The molecule has 0 saturated heterocycles. The van der Waals surface area contributed by atoms with Crippen molar-refractivity contribution in [2.75, 3.05) is 19.6 Å². The van der Waals surface area contributed by atoms with Gasteiger partial charge in [-0.05, 0) is 24.6 Å². The number of nitrogens with one attached hydrogen (secondary N) is 2. The lowest BCUT2D eigenvalue weighted by Gasteiger charge is -2.08. The minimum atomic E-state index is -0.382. The van der Waals surface area contributed by atoms with Crippen molar-refractivity contribution in [1.29, 1.82) is 0 Å². The van der Waals surface area contributed by atoms with Gasteiger partial charge in [-0.25, -0.2) is 0 Å². The Labute approximate surface area is 123 Å². The summed E-state index contributed by atoms with van der Waals surface area (Å²) in [6, 6.07) is 5.14. The fraction of sp³-hybridized carbons (Fsp3) is 0.462. The van der Waals surface area contributed by atoms with Crippen molar-refractivity contribution in [3.05, 3.63) is 33.8 Å². The Bertz CT molecular complexity index is 425. The van der Waals surface area contributed by atoms with Gasteiger partial charge in [-0.2, -0.15) is 0 Å². The molecule has 6 heteroatoms. The minimum absolute atomic E-state index is 0.0720. The van der Waals surface area contributed by atoms with Crippen molar-refractivity contribution in [2.24, 2.45) is 0 Å². The number of halogens is 2. The molecule has 19 heavy (non-hydrogen) atoms. The lowest BCUT2D eigenvalue weighted by atomic mass is 10.1. The molecule has 0 aromatic heterocycles. The lowest BCUT2D eigenvalue weighted by molar-refractivity contribution is -0.120. The minimum Gasteiger partial charge on any atom is -0.392 e. The van der Waals surface area contributed by atoms with Gasteiger partial charge in [0.05, 0.1) is 22.6 Å². The summed E-state index contributed by atoms with van der Waals surface area (Å²) in [7, 11) is 0. The fourth-order valence-corrected chi connectivity index (χ4v) is 1.82. The second-order valence-electron chi connectivity index (χ2n) is 4.33. The van der Waals surface area contributed by atoms with Crippen LogP contribution in [0.25, 0.3) is 0 Å². The van der Waals surface area contributed by atoms with Gasteiger partial charge in [0.2, 0.25) is 5.91 Å². The maximum Gasteiger partial charge on any atom is 0.224 e. The van der Waals surface area contributed by atoms with Gasteiger partial charge in [0.1, 0.15) is 0 Å². The first-order valence-electron chi connectivity index (χ1n) is 6.08. The summed E-state index contributed by atoms with van der Waals surface area (Å²) in [4.78, 5) is 11.6. The Hall–Kier alpha value is -0.810. The van der Waals surface area contributed by atoms with Crippen molar-refractivity contribution in [3.63, 3.8) is 0 Å². The first-order chi connectivity index (χ1) is 8.99.